The van der Waals surface area contributed by atoms with Crippen LogP contribution in [0.15, 0.2) is 63.3 Å². The monoisotopic (exact) mass is 462 g/mol. The molecule has 0 saturated heterocycles. The minimum Gasteiger partial charge on any atom is -0.494 e. The summed E-state index contributed by atoms with van der Waals surface area (Å²) in [6, 6.07) is 14.4. The minimum absolute atomic E-state index is 0.0748. The lowest BCUT2D eigenvalue weighted by atomic mass is 10.1. The molecule has 34 heavy (non-hydrogen) atoms. The molecule has 0 bridgehead atoms. The Hall–Kier alpha value is -4.42. The van der Waals surface area contributed by atoms with Crippen molar-refractivity contribution in [2.75, 3.05) is 26.9 Å². The van der Waals surface area contributed by atoms with Gasteiger partial charge in [0.2, 0.25) is 0 Å². The molecule has 9 nitrogen and oxygen atoms in total. The highest BCUT2D eigenvalue weighted by Gasteiger charge is 2.16. The van der Waals surface area contributed by atoms with Crippen LogP contribution in [0.4, 0.5) is 0 Å². The number of benzene rings is 2. The lowest BCUT2D eigenvalue weighted by Gasteiger charge is -2.07. The largest absolute Gasteiger partial charge is 0.494 e. The molecule has 3 rings (SSSR count). The summed E-state index contributed by atoms with van der Waals surface area (Å²) in [4.78, 5) is 36.9. The lowest BCUT2D eigenvalue weighted by Crippen LogP contribution is -2.30. The first kappa shape index (κ1) is 24.2. The zero-order valence-corrected chi connectivity index (χ0v) is 18.6. The van der Waals surface area contributed by atoms with Gasteiger partial charge in [-0.05, 0) is 48.9 Å². The van der Waals surface area contributed by atoms with Gasteiger partial charge in [0.1, 0.15) is 34.3 Å². The van der Waals surface area contributed by atoms with Crippen molar-refractivity contribution in [3.8, 4) is 17.6 Å². The summed E-state index contributed by atoms with van der Waals surface area (Å²) < 4.78 is 20.7. The number of nitrogens with one attached hydrogen (secondary N) is 1. The van der Waals surface area contributed by atoms with E-state index < -0.39 is 17.5 Å². The van der Waals surface area contributed by atoms with Crippen LogP contribution in [0, 0.1) is 11.3 Å². The molecule has 3 aromatic rings. The lowest BCUT2D eigenvalue weighted by molar-refractivity contribution is -0.129. The molecular weight excluding hydrogens is 440 g/mol. The fourth-order valence-electron chi connectivity index (χ4n) is 2.97. The van der Waals surface area contributed by atoms with Crippen LogP contribution in [0.1, 0.15) is 22.8 Å². The fraction of sp³-hybridized carbons (Fsp3) is 0.200. The molecule has 1 N–H and O–H groups in total. The van der Waals surface area contributed by atoms with Crippen molar-refractivity contribution >= 4 is 28.9 Å². The van der Waals surface area contributed by atoms with Crippen LogP contribution in [0.25, 0.3) is 17.0 Å². The molecule has 0 fully saturated rings. The molecular formula is C25H22N2O7. The van der Waals surface area contributed by atoms with Gasteiger partial charge in [0, 0.05) is 25.1 Å². The molecule has 0 atom stereocenters. The average Bonchev–Trinajstić information content (AvgIpc) is 2.83. The molecule has 0 unspecified atom stereocenters. The molecule has 0 radical (unpaired) electrons. The van der Waals surface area contributed by atoms with Crippen molar-refractivity contribution in [3.63, 3.8) is 0 Å². The van der Waals surface area contributed by atoms with Crippen LogP contribution in [0.3, 0.4) is 0 Å². The summed E-state index contributed by atoms with van der Waals surface area (Å²) in [6.07, 6.45) is 1.40. The van der Waals surface area contributed by atoms with Crippen LogP contribution in [0.2, 0.25) is 0 Å². The quantitative estimate of drug-likeness (QED) is 0.128. The first-order valence-corrected chi connectivity index (χ1v) is 10.4. The van der Waals surface area contributed by atoms with E-state index in [-0.39, 0.29) is 29.0 Å². The van der Waals surface area contributed by atoms with E-state index in [1.165, 1.54) is 37.5 Å². The topological polar surface area (TPSA) is 128 Å². The van der Waals surface area contributed by atoms with Crippen molar-refractivity contribution in [3.05, 3.63) is 75.7 Å². The van der Waals surface area contributed by atoms with Gasteiger partial charge in [0.05, 0.1) is 13.2 Å². The summed E-state index contributed by atoms with van der Waals surface area (Å²) >= 11 is 0. The third-order valence-electron chi connectivity index (χ3n) is 4.60. The molecule has 2 aromatic carbocycles. The molecule has 0 spiro atoms. The third kappa shape index (κ3) is 6.09. The van der Waals surface area contributed by atoms with Gasteiger partial charge in [0.25, 0.3) is 5.91 Å². The zero-order valence-electron chi connectivity index (χ0n) is 18.6. The highest BCUT2D eigenvalue weighted by Crippen LogP contribution is 2.22. The number of hydrogen-bond donors (Lipinski definition) is 1. The van der Waals surface area contributed by atoms with Gasteiger partial charge in [0.15, 0.2) is 0 Å². The Bertz CT molecular complexity index is 1320. The predicted molar refractivity (Wildman–Crippen MR) is 124 cm³/mol. The van der Waals surface area contributed by atoms with Crippen molar-refractivity contribution < 1.29 is 28.2 Å². The van der Waals surface area contributed by atoms with E-state index in [1.54, 1.807) is 24.3 Å². The maximum absolute atomic E-state index is 12.5. The van der Waals surface area contributed by atoms with Gasteiger partial charge in [-0.3, -0.25) is 4.79 Å². The SMILES string of the molecule is CCOc1ccc(/C=C(\C#N)C(=O)Oc2ccc3cc(C(=O)NCCOC)c(=O)oc3c2)cc1. The Morgan fingerprint density at radius 2 is 1.85 bits per heavy atom. The molecule has 1 amide bonds. The smallest absolute Gasteiger partial charge is 0.354 e. The highest BCUT2D eigenvalue weighted by atomic mass is 16.5. The molecule has 0 aliphatic carbocycles. The van der Waals surface area contributed by atoms with Crippen molar-refractivity contribution in [2.45, 2.75) is 6.92 Å². The summed E-state index contributed by atoms with van der Waals surface area (Å²) in [5.41, 5.74) is -0.457. The molecule has 0 aliphatic heterocycles. The van der Waals surface area contributed by atoms with Gasteiger partial charge in [-0.15, -0.1) is 0 Å². The first-order valence-electron chi connectivity index (χ1n) is 10.4. The Balaban J connectivity index is 1.77. The number of amides is 1. The predicted octanol–water partition coefficient (Wildman–Crippen LogP) is 3.08. The fourth-order valence-corrected chi connectivity index (χ4v) is 2.97. The summed E-state index contributed by atoms with van der Waals surface area (Å²) in [5, 5.41) is 12.4. The van der Waals surface area contributed by atoms with Gasteiger partial charge >= 0.3 is 11.6 Å². The van der Waals surface area contributed by atoms with E-state index in [1.807, 2.05) is 13.0 Å². The number of esters is 1. The number of nitriles is 1. The number of nitrogens with zero attached hydrogens (tertiary/aromatic N) is 1. The second-order valence-electron chi connectivity index (χ2n) is 6.96. The van der Waals surface area contributed by atoms with Gasteiger partial charge < -0.3 is 23.9 Å². The van der Waals surface area contributed by atoms with Crippen LogP contribution in [-0.2, 0) is 9.53 Å². The number of hydrogen-bond acceptors (Lipinski definition) is 8. The van der Waals surface area contributed by atoms with Crippen LogP contribution >= 0.6 is 0 Å². The number of ether oxygens (including phenoxy) is 3. The Kier molecular flexibility index (Phi) is 8.16. The number of carbonyl (C=O) groups is 2. The van der Waals surface area contributed by atoms with E-state index in [2.05, 4.69) is 5.32 Å². The normalized spacial score (nSPS) is 11.0. The molecule has 0 saturated carbocycles. The van der Waals surface area contributed by atoms with E-state index >= 15 is 0 Å². The number of fused-ring (bicyclic) bond motifs is 1. The van der Waals surface area contributed by atoms with Crippen LogP contribution < -0.4 is 20.4 Å². The van der Waals surface area contributed by atoms with Crippen molar-refractivity contribution in [2.24, 2.45) is 0 Å². The molecule has 174 valence electrons. The molecule has 1 heterocycles. The van der Waals surface area contributed by atoms with E-state index in [9.17, 15) is 19.6 Å². The Morgan fingerprint density at radius 3 is 2.53 bits per heavy atom. The molecule has 0 aliphatic rings. The van der Waals surface area contributed by atoms with E-state index in [0.29, 0.717) is 29.9 Å². The van der Waals surface area contributed by atoms with Crippen LogP contribution in [0.5, 0.6) is 11.5 Å². The maximum Gasteiger partial charge on any atom is 0.354 e. The third-order valence-corrected chi connectivity index (χ3v) is 4.60. The molecule has 1 aromatic heterocycles. The second kappa shape index (κ2) is 11.4. The average molecular weight is 462 g/mol. The summed E-state index contributed by atoms with van der Waals surface area (Å²) in [6.45, 7) is 2.94. The number of rotatable bonds is 9. The minimum atomic E-state index is -0.868. The van der Waals surface area contributed by atoms with Crippen LogP contribution in [-0.4, -0.2) is 38.7 Å². The van der Waals surface area contributed by atoms with E-state index in [4.69, 9.17) is 18.6 Å². The van der Waals surface area contributed by atoms with Gasteiger partial charge in [-0.1, -0.05) is 12.1 Å². The van der Waals surface area contributed by atoms with Crippen molar-refractivity contribution in [1.29, 1.82) is 5.26 Å². The number of carbonyl (C=O) groups excluding carboxylic acids is 2. The summed E-state index contributed by atoms with van der Waals surface area (Å²) in [5.74, 6) is -0.701. The first-order chi connectivity index (χ1) is 16.4. The highest BCUT2D eigenvalue weighted by molar-refractivity contribution is 5.99. The van der Waals surface area contributed by atoms with Gasteiger partial charge in [-0.2, -0.15) is 5.26 Å². The Labute approximate surface area is 195 Å². The standard InChI is InChI=1S/C25H22N2O7/c1-3-32-19-7-4-16(5-8-19)12-18(15-26)24(29)33-20-9-6-17-13-21(23(28)27-10-11-31-2)25(30)34-22(17)14-20/h4-9,12-14H,3,10-11H2,1-2H3,(H,27,28)/b18-12+. The summed E-state index contributed by atoms with van der Waals surface area (Å²) in [7, 11) is 1.50. The second-order valence-corrected chi connectivity index (χ2v) is 6.96. The maximum atomic E-state index is 12.5. The Morgan fingerprint density at radius 1 is 1.12 bits per heavy atom. The van der Waals surface area contributed by atoms with E-state index in [0.717, 1.165) is 0 Å². The zero-order chi connectivity index (χ0) is 24.5. The number of methoxy groups -OCH3 is 1. The van der Waals surface area contributed by atoms with Gasteiger partial charge in [-0.25, -0.2) is 9.59 Å². The molecule has 9 heteroatoms. The van der Waals surface area contributed by atoms with Crippen molar-refractivity contribution in [1.82, 2.24) is 5.32 Å².